The highest BCUT2D eigenvalue weighted by molar-refractivity contribution is 9.10. The Morgan fingerprint density at radius 2 is 2.27 bits per heavy atom. The fourth-order valence-corrected chi connectivity index (χ4v) is 1.53. The number of hydrogen-bond donors (Lipinski definition) is 1. The first-order valence-electron chi connectivity index (χ1n) is 4.50. The van der Waals surface area contributed by atoms with Gasteiger partial charge in [-0.3, -0.25) is 0 Å². The zero-order chi connectivity index (χ0) is 11.4. The molecule has 1 aromatic rings. The maximum atomic E-state index is 13.1. The van der Waals surface area contributed by atoms with Gasteiger partial charge in [-0.2, -0.15) is 0 Å². The summed E-state index contributed by atoms with van der Waals surface area (Å²) in [4.78, 5) is 0. The Kier molecular flexibility index (Phi) is 4.61. The number of nitrogens with one attached hydrogen (secondary N) is 1. The third kappa shape index (κ3) is 3.50. The molecule has 15 heavy (non-hydrogen) atoms. The van der Waals surface area contributed by atoms with E-state index in [-0.39, 0.29) is 5.82 Å². The molecule has 1 nitrogen and oxygen atoms in total. The van der Waals surface area contributed by atoms with E-state index in [0.717, 1.165) is 16.8 Å². The minimum Gasteiger partial charge on any atom is -0.381 e. The van der Waals surface area contributed by atoms with Crippen LogP contribution in [0.3, 0.4) is 0 Å². The third-order valence-corrected chi connectivity index (χ3v) is 2.99. The van der Waals surface area contributed by atoms with Crippen molar-refractivity contribution in [2.75, 3.05) is 11.9 Å². The largest absolute Gasteiger partial charge is 0.381 e. The zero-order valence-electron chi connectivity index (χ0n) is 8.57. The van der Waals surface area contributed by atoms with Crippen molar-refractivity contribution in [3.05, 3.63) is 39.1 Å². The van der Waals surface area contributed by atoms with Gasteiger partial charge in [0.05, 0.1) is 4.47 Å². The van der Waals surface area contributed by atoms with Crippen LogP contribution in [0, 0.1) is 12.7 Å². The van der Waals surface area contributed by atoms with E-state index < -0.39 is 0 Å². The summed E-state index contributed by atoms with van der Waals surface area (Å²) in [5.74, 6) is -0.248. The molecule has 0 aliphatic heterocycles. The van der Waals surface area contributed by atoms with E-state index in [1.807, 2.05) is 13.8 Å². The number of rotatable bonds is 3. The number of aryl methyl sites for hydroxylation is 1. The van der Waals surface area contributed by atoms with Crippen LogP contribution in [-0.4, -0.2) is 6.54 Å². The van der Waals surface area contributed by atoms with Gasteiger partial charge in [0.1, 0.15) is 5.82 Å². The van der Waals surface area contributed by atoms with Crippen molar-refractivity contribution < 1.29 is 4.39 Å². The fourth-order valence-electron chi connectivity index (χ4n) is 1.11. The molecule has 0 aliphatic rings. The van der Waals surface area contributed by atoms with Crippen molar-refractivity contribution in [1.29, 1.82) is 0 Å². The molecule has 0 saturated carbocycles. The molecule has 0 radical (unpaired) electrons. The van der Waals surface area contributed by atoms with Gasteiger partial charge in [0, 0.05) is 17.8 Å². The van der Waals surface area contributed by atoms with E-state index in [1.54, 1.807) is 6.07 Å². The summed E-state index contributed by atoms with van der Waals surface area (Å²) in [6.45, 7) is 4.44. The number of halogens is 3. The lowest BCUT2D eigenvalue weighted by Crippen LogP contribution is -2.04. The number of anilines is 1. The molecule has 0 amide bonds. The molecule has 1 N–H and O–H groups in total. The van der Waals surface area contributed by atoms with E-state index in [0.29, 0.717) is 11.0 Å². The average Bonchev–Trinajstić information content (AvgIpc) is 2.21. The Labute approximate surface area is 102 Å². The van der Waals surface area contributed by atoms with Crippen LogP contribution >= 0.6 is 27.5 Å². The normalized spacial score (nSPS) is 11.7. The van der Waals surface area contributed by atoms with Gasteiger partial charge in [-0.1, -0.05) is 11.6 Å². The van der Waals surface area contributed by atoms with Gasteiger partial charge in [-0.15, -0.1) is 0 Å². The van der Waals surface area contributed by atoms with Gasteiger partial charge in [0.25, 0.3) is 0 Å². The lowest BCUT2D eigenvalue weighted by molar-refractivity contribution is 0.620. The predicted octanol–water partition coefficient (Wildman–Crippen LogP) is 4.45. The van der Waals surface area contributed by atoms with Gasteiger partial charge < -0.3 is 5.32 Å². The SMILES string of the molecule is C/C(=C/Cl)CNc1cc(Br)c(F)cc1C. The second-order valence-electron chi connectivity index (χ2n) is 3.39. The molecule has 1 rings (SSSR count). The lowest BCUT2D eigenvalue weighted by Gasteiger charge is -2.10. The maximum Gasteiger partial charge on any atom is 0.137 e. The summed E-state index contributed by atoms with van der Waals surface area (Å²) in [5, 5.41) is 3.18. The summed E-state index contributed by atoms with van der Waals surface area (Å²) in [5.41, 5.74) is 4.33. The Morgan fingerprint density at radius 1 is 1.60 bits per heavy atom. The monoisotopic (exact) mass is 291 g/mol. The molecule has 4 heteroatoms. The highest BCUT2D eigenvalue weighted by Crippen LogP contribution is 2.24. The van der Waals surface area contributed by atoms with Crippen LogP contribution in [0.2, 0.25) is 0 Å². The Morgan fingerprint density at radius 3 is 2.87 bits per heavy atom. The average molecular weight is 293 g/mol. The van der Waals surface area contributed by atoms with Crippen molar-refractivity contribution in [2.45, 2.75) is 13.8 Å². The van der Waals surface area contributed by atoms with Crippen molar-refractivity contribution in [2.24, 2.45) is 0 Å². The molecule has 0 aliphatic carbocycles. The quantitative estimate of drug-likeness (QED) is 0.868. The molecule has 82 valence electrons. The minimum atomic E-state index is -0.248. The molecule has 0 bridgehead atoms. The van der Waals surface area contributed by atoms with E-state index in [4.69, 9.17) is 11.6 Å². The fraction of sp³-hybridized carbons (Fsp3) is 0.273. The van der Waals surface area contributed by atoms with Gasteiger partial charge in [-0.25, -0.2) is 4.39 Å². The van der Waals surface area contributed by atoms with Crippen LogP contribution in [0.4, 0.5) is 10.1 Å². The maximum absolute atomic E-state index is 13.1. The van der Waals surface area contributed by atoms with Gasteiger partial charge in [0.15, 0.2) is 0 Å². The molecular formula is C11H12BrClFN. The highest BCUT2D eigenvalue weighted by atomic mass is 79.9. The molecule has 0 spiro atoms. The summed E-state index contributed by atoms with van der Waals surface area (Å²) in [6.07, 6.45) is 0. The summed E-state index contributed by atoms with van der Waals surface area (Å²) in [7, 11) is 0. The van der Waals surface area contributed by atoms with E-state index >= 15 is 0 Å². The predicted molar refractivity (Wildman–Crippen MR) is 66.9 cm³/mol. The summed E-state index contributed by atoms with van der Waals surface area (Å²) in [6, 6.07) is 3.22. The van der Waals surface area contributed by atoms with E-state index in [9.17, 15) is 4.39 Å². The van der Waals surface area contributed by atoms with Crippen LogP contribution < -0.4 is 5.32 Å². The zero-order valence-corrected chi connectivity index (χ0v) is 10.9. The van der Waals surface area contributed by atoms with Crippen LogP contribution in [0.25, 0.3) is 0 Å². The molecular weight excluding hydrogens is 280 g/mol. The molecule has 0 heterocycles. The molecule has 0 unspecified atom stereocenters. The molecule has 0 saturated heterocycles. The van der Waals surface area contributed by atoms with Crippen molar-refractivity contribution >= 4 is 33.2 Å². The van der Waals surface area contributed by atoms with Gasteiger partial charge >= 0.3 is 0 Å². The number of hydrogen-bond acceptors (Lipinski definition) is 1. The number of benzene rings is 1. The van der Waals surface area contributed by atoms with Crippen LogP contribution in [0.1, 0.15) is 12.5 Å². The van der Waals surface area contributed by atoms with Crippen molar-refractivity contribution in [3.8, 4) is 0 Å². The first-order valence-corrected chi connectivity index (χ1v) is 5.73. The van der Waals surface area contributed by atoms with Crippen molar-refractivity contribution in [1.82, 2.24) is 0 Å². The smallest absolute Gasteiger partial charge is 0.137 e. The Hall–Kier alpha value is -0.540. The van der Waals surface area contributed by atoms with Crippen LogP contribution in [-0.2, 0) is 0 Å². The van der Waals surface area contributed by atoms with E-state index in [1.165, 1.54) is 11.6 Å². The molecule has 0 fully saturated rings. The third-order valence-electron chi connectivity index (χ3n) is 2.01. The lowest BCUT2D eigenvalue weighted by atomic mass is 10.2. The Balaban J connectivity index is 2.82. The van der Waals surface area contributed by atoms with Crippen LogP contribution in [0.15, 0.2) is 27.7 Å². The van der Waals surface area contributed by atoms with E-state index in [2.05, 4.69) is 21.2 Å². The highest BCUT2D eigenvalue weighted by Gasteiger charge is 2.04. The minimum absolute atomic E-state index is 0.248. The Bertz CT molecular complexity index is 390. The van der Waals surface area contributed by atoms with Crippen LogP contribution in [0.5, 0.6) is 0 Å². The van der Waals surface area contributed by atoms with Gasteiger partial charge in [0.2, 0.25) is 0 Å². The first-order chi connectivity index (χ1) is 7.04. The molecule has 0 aromatic heterocycles. The standard InChI is InChI=1S/C11H12BrClFN/c1-7(5-13)6-15-11-4-9(12)10(14)3-8(11)2/h3-5,15H,6H2,1-2H3/b7-5-. The summed E-state index contributed by atoms with van der Waals surface area (Å²) < 4.78 is 13.6. The molecule has 0 atom stereocenters. The van der Waals surface area contributed by atoms with Gasteiger partial charge in [-0.05, 0) is 53.0 Å². The first kappa shape index (κ1) is 12.5. The molecule has 1 aromatic carbocycles. The second-order valence-corrected chi connectivity index (χ2v) is 4.46. The topological polar surface area (TPSA) is 12.0 Å². The van der Waals surface area contributed by atoms with Crippen molar-refractivity contribution in [3.63, 3.8) is 0 Å². The second kappa shape index (κ2) is 5.52. The summed E-state index contributed by atoms with van der Waals surface area (Å²) >= 11 is 8.69.